The molecule has 4 heterocycles. The number of nitrogens with one attached hydrogen (secondary N) is 1. The summed E-state index contributed by atoms with van der Waals surface area (Å²) in [6, 6.07) is 12.9. The first kappa shape index (κ1) is 21.1. The van der Waals surface area contributed by atoms with Gasteiger partial charge in [0, 0.05) is 24.0 Å². The van der Waals surface area contributed by atoms with E-state index in [1.807, 2.05) is 33.0 Å². The quantitative estimate of drug-likeness (QED) is 0.448. The van der Waals surface area contributed by atoms with Crippen LogP contribution in [0.1, 0.15) is 38.3 Å². The molecule has 4 aromatic rings. The molecule has 3 fully saturated rings. The van der Waals surface area contributed by atoms with Gasteiger partial charge in [-0.2, -0.15) is 0 Å². The number of pyridine rings is 1. The predicted molar refractivity (Wildman–Crippen MR) is 135 cm³/mol. The van der Waals surface area contributed by atoms with E-state index in [-0.39, 0.29) is 23.7 Å². The van der Waals surface area contributed by atoms with Crippen LogP contribution in [0.3, 0.4) is 0 Å². The standard InChI is InChI=1S/C27H30N6O2/c1-26(2)34-22-21(33-11-9-17-24(28)30-14-31-25(17)33)18-13-27(18,23(22)35-26)10-8-15-4-5-16-6-7-20(29-3)32-19(16)12-15/h4-7,9,11-12,14,18,21-23H,8,10,13H2,1-3H3,(H,29,32)(H2,28,30,31)/t18-,21-,22+,23+,27+/m1/s1. The normalized spacial score (nSPS) is 30.5. The third kappa shape index (κ3) is 3.09. The first-order valence-corrected chi connectivity index (χ1v) is 12.4. The maximum Gasteiger partial charge on any atom is 0.163 e. The molecule has 180 valence electrons. The van der Waals surface area contributed by atoms with Crippen LogP contribution in [0.5, 0.6) is 0 Å². The SMILES string of the molecule is CNc1ccc2ccc(CC[C@]34C[C@@H]3[C@@H](n3ccc5c(N)ncnc53)[C@@H]3OC(C)(C)O[C@@H]34)cc2n1. The van der Waals surface area contributed by atoms with Gasteiger partial charge in [0.1, 0.15) is 29.7 Å². The summed E-state index contributed by atoms with van der Waals surface area (Å²) in [6.07, 6.45) is 6.87. The molecule has 0 radical (unpaired) electrons. The van der Waals surface area contributed by atoms with Gasteiger partial charge in [-0.05, 0) is 68.9 Å². The summed E-state index contributed by atoms with van der Waals surface area (Å²) >= 11 is 0. The number of hydrogen-bond donors (Lipinski definition) is 2. The van der Waals surface area contributed by atoms with Crippen LogP contribution in [0.4, 0.5) is 11.6 Å². The van der Waals surface area contributed by atoms with Crippen LogP contribution in [0, 0.1) is 11.3 Å². The molecule has 2 saturated carbocycles. The van der Waals surface area contributed by atoms with Gasteiger partial charge in [-0.15, -0.1) is 0 Å². The molecule has 0 amide bonds. The third-order valence-corrected chi connectivity index (χ3v) is 8.38. The summed E-state index contributed by atoms with van der Waals surface area (Å²) in [6.45, 7) is 4.05. The average molecular weight is 471 g/mol. The van der Waals surface area contributed by atoms with Crippen LogP contribution >= 0.6 is 0 Å². The van der Waals surface area contributed by atoms with E-state index in [0.29, 0.717) is 11.7 Å². The van der Waals surface area contributed by atoms with Crippen molar-refractivity contribution in [1.29, 1.82) is 0 Å². The summed E-state index contributed by atoms with van der Waals surface area (Å²) < 4.78 is 15.3. The lowest BCUT2D eigenvalue weighted by molar-refractivity contribution is -0.161. The number of hydrogen-bond acceptors (Lipinski definition) is 7. The fourth-order valence-corrected chi connectivity index (χ4v) is 6.70. The molecular formula is C27H30N6O2. The Labute approximate surface area is 203 Å². The van der Waals surface area contributed by atoms with E-state index in [4.69, 9.17) is 20.2 Å². The van der Waals surface area contributed by atoms with Gasteiger partial charge in [0.25, 0.3) is 0 Å². The van der Waals surface area contributed by atoms with Gasteiger partial charge >= 0.3 is 0 Å². The Morgan fingerprint density at radius 2 is 2.00 bits per heavy atom. The number of fused-ring (bicyclic) bond motifs is 5. The van der Waals surface area contributed by atoms with Gasteiger partial charge in [0.2, 0.25) is 0 Å². The van der Waals surface area contributed by atoms with Crippen LogP contribution in [-0.4, -0.2) is 44.6 Å². The number of nitrogen functional groups attached to an aromatic ring is 1. The zero-order valence-corrected chi connectivity index (χ0v) is 20.2. The monoisotopic (exact) mass is 470 g/mol. The van der Waals surface area contributed by atoms with E-state index in [2.05, 4.69) is 50.3 Å². The van der Waals surface area contributed by atoms with Gasteiger partial charge in [-0.1, -0.05) is 12.1 Å². The van der Waals surface area contributed by atoms with Crippen molar-refractivity contribution in [2.45, 2.75) is 57.1 Å². The molecular weight excluding hydrogens is 440 g/mol. The molecule has 3 N–H and O–H groups in total. The molecule has 2 aliphatic carbocycles. The van der Waals surface area contributed by atoms with Crippen molar-refractivity contribution < 1.29 is 9.47 Å². The van der Waals surface area contributed by atoms with Crippen molar-refractivity contribution in [1.82, 2.24) is 19.5 Å². The lowest BCUT2D eigenvalue weighted by Crippen LogP contribution is -2.32. The number of nitrogens with zero attached hydrogens (tertiary/aromatic N) is 4. The Bertz CT molecular complexity index is 1460. The summed E-state index contributed by atoms with van der Waals surface area (Å²) in [4.78, 5) is 13.5. The van der Waals surface area contributed by atoms with Crippen molar-refractivity contribution in [3.63, 3.8) is 0 Å². The number of rotatable bonds is 5. The molecule has 1 aromatic carbocycles. The van der Waals surface area contributed by atoms with E-state index in [0.717, 1.165) is 47.0 Å². The first-order chi connectivity index (χ1) is 16.9. The average Bonchev–Trinajstić information content (AvgIpc) is 3.10. The number of anilines is 2. The zero-order valence-electron chi connectivity index (χ0n) is 20.2. The van der Waals surface area contributed by atoms with Crippen molar-refractivity contribution in [3.05, 3.63) is 54.5 Å². The van der Waals surface area contributed by atoms with Crippen molar-refractivity contribution >= 4 is 33.6 Å². The Kier molecular flexibility index (Phi) is 4.31. The Morgan fingerprint density at radius 3 is 2.86 bits per heavy atom. The van der Waals surface area contributed by atoms with E-state index >= 15 is 0 Å². The number of ether oxygens (including phenoxy) is 2. The first-order valence-electron chi connectivity index (χ1n) is 12.4. The topological polar surface area (TPSA) is 100 Å². The second-order valence-electron chi connectivity index (χ2n) is 10.7. The minimum Gasteiger partial charge on any atom is -0.383 e. The number of aryl methyl sites for hydroxylation is 1. The summed E-state index contributed by atoms with van der Waals surface area (Å²) in [5.41, 5.74) is 9.44. The highest BCUT2D eigenvalue weighted by Gasteiger charge is 2.75. The van der Waals surface area contributed by atoms with Gasteiger partial charge in [-0.3, -0.25) is 0 Å². The maximum atomic E-state index is 6.57. The van der Waals surface area contributed by atoms with Crippen molar-refractivity contribution in [2.75, 3.05) is 18.1 Å². The Balaban J connectivity index is 1.21. The van der Waals surface area contributed by atoms with Crippen LogP contribution in [0.2, 0.25) is 0 Å². The summed E-state index contributed by atoms with van der Waals surface area (Å²) in [7, 11) is 1.90. The highest BCUT2D eigenvalue weighted by atomic mass is 16.8. The van der Waals surface area contributed by atoms with Crippen LogP contribution in [0.25, 0.3) is 21.9 Å². The van der Waals surface area contributed by atoms with Crippen molar-refractivity contribution in [2.24, 2.45) is 11.3 Å². The van der Waals surface area contributed by atoms with E-state index in [1.165, 1.54) is 5.56 Å². The molecule has 7 rings (SSSR count). The molecule has 0 unspecified atom stereocenters. The maximum absolute atomic E-state index is 6.57. The minimum absolute atomic E-state index is 0.00741. The van der Waals surface area contributed by atoms with Crippen LogP contribution < -0.4 is 11.1 Å². The number of nitrogens with two attached hydrogens (primary N) is 1. The number of aromatic nitrogens is 4. The predicted octanol–water partition coefficient (Wildman–Crippen LogP) is 4.32. The largest absolute Gasteiger partial charge is 0.383 e. The lowest BCUT2D eigenvalue weighted by atomic mass is 9.91. The molecule has 3 aliphatic rings. The molecule has 5 atom stereocenters. The fourth-order valence-electron chi connectivity index (χ4n) is 6.70. The van der Waals surface area contributed by atoms with Crippen LogP contribution in [0.15, 0.2) is 48.9 Å². The number of benzene rings is 1. The zero-order chi connectivity index (χ0) is 23.9. The third-order valence-electron chi connectivity index (χ3n) is 8.38. The highest BCUT2D eigenvalue weighted by Crippen LogP contribution is 2.73. The highest BCUT2D eigenvalue weighted by molar-refractivity contribution is 5.86. The fraction of sp³-hybridized carbons (Fsp3) is 0.444. The molecule has 3 aromatic heterocycles. The molecule has 8 heteroatoms. The Morgan fingerprint density at radius 1 is 1.14 bits per heavy atom. The second-order valence-corrected chi connectivity index (χ2v) is 10.7. The van der Waals surface area contributed by atoms with E-state index < -0.39 is 5.79 Å². The smallest absolute Gasteiger partial charge is 0.163 e. The Hall–Kier alpha value is -3.23. The summed E-state index contributed by atoms with van der Waals surface area (Å²) in [5.74, 6) is 1.29. The lowest BCUT2D eigenvalue weighted by Gasteiger charge is -2.24. The van der Waals surface area contributed by atoms with E-state index in [1.54, 1.807) is 6.33 Å². The molecule has 1 saturated heterocycles. The van der Waals surface area contributed by atoms with Gasteiger partial charge in [-0.25, -0.2) is 15.0 Å². The minimum atomic E-state index is -0.596. The van der Waals surface area contributed by atoms with Gasteiger partial charge in [0.05, 0.1) is 23.0 Å². The van der Waals surface area contributed by atoms with E-state index in [9.17, 15) is 0 Å². The molecule has 35 heavy (non-hydrogen) atoms. The second kappa shape index (κ2) is 7.15. The van der Waals surface area contributed by atoms with Gasteiger partial charge < -0.3 is 25.1 Å². The molecule has 8 nitrogen and oxygen atoms in total. The summed E-state index contributed by atoms with van der Waals surface area (Å²) in [5, 5.41) is 5.19. The molecule has 0 bridgehead atoms. The molecule has 1 aliphatic heterocycles. The van der Waals surface area contributed by atoms with Crippen LogP contribution in [-0.2, 0) is 15.9 Å². The van der Waals surface area contributed by atoms with Gasteiger partial charge in [0.15, 0.2) is 5.79 Å². The van der Waals surface area contributed by atoms with Crippen molar-refractivity contribution in [3.8, 4) is 0 Å². The molecule has 0 spiro atoms.